The standard InChI is InChI=1S/C12H13NO/c13-8-12(14)11-7-3-5-9-4-1-2-6-10(9)11/h1-7,12,14H,8,13H2. The lowest BCUT2D eigenvalue weighted by Crippen LogP contribution is -2.11. The molecule has 3 N–H and O–H groups in total. The van der Waals surface area contributed by atoms with Gasteiger partial charge < -0.3 is 10.8 Å². The number of rotatable bonds is 2. The predicted molar refractivity (Wildman–Crippen MR) is 58.0 cm³/mol. The molecule has 0 saturated heterocycles. The Morgan fingerprint density at radius 3 is 2.57 bits per heavy atom. The van der Waals surface area contributed by atoms with Gasteiger partial charge in [0.2, 0.25) is 0 Å². The van der Waals surface area contributed by atoms with Gasteiger partial charge in [0.15, 0.2) is 0 Å². The van der Waals surface area contributed by atoms with Gasteiger partial charge in [-0.3, -0.25) is 0 Å². The maximum atomic E-state index is 9.70. The Hall–Kier alpha value is -1.38. The molecule has 0 aromatic heterocycles. The van der Waals surface area contributed by atoms with Gasteiger partial charge >= 0.3 is 0 Å². The molecule has 0 amide bonds. The van der Waals surface area contributed by atoms with Gasteiger partial charge in [-0.15, -0.1) is 0 Å². The number of benzene rings is 2. The molecule has 0 spiro atoms. The zero-order valence-electron chi connectivity index (χ0n) is 7.85. The van der Waals surface area contributed by atoms with Gasteiger partial charge in [-0.1, -0.05) is 42.5 Å². The minimum atomic E-state index is -0.568. The molecule has 0 fully saturated rings. The molecule has 1 unspecified atom stereocenters. The van der Waals surface area contributed by atoms with Crippen molar-refractivity contribution in [3.05, 3.63) is 48.0 Å². The summed E-state index contributed by atoms with van der Waals surface area (Å²) in [6.45, 7) is 0.258. The first-order valence-corrected chi connectivity index (χ1v) is 4.68. The van der Waals surface area contributed by atoms with Gasteiger partial charge in [0.1, 0.15) is 0 Å². The highest BCUT2D eigenvalue weighted by atomic mass is 16.3. The van der Waals surface area contributed by atoms with E-state index in [2.05, 4.69) is 0 Å². The van der Waals surface area contributed by atoms with E-state index in [9.17, 15) is 5.11 Å². The second-order valence-corrected chi connectivity index (χ2v) is 3.32. The quantitative estimate of drug-likeness (QED) is 0.753. The van der Waals surface area contributed by atoms with Crippen LogP contribution in [0.15, 0.2) is 42.5 Å². The van der Waals surface area contributed by atoms with E-state index < -0.39 is 6.10 Å². The van der Waals surface area contributed by atoms with Crippen molar-refractivity contribution in [2.75, 3.05) is 6.54 Å². The second kappa shape index (κ2) is 3.78. The molecule has 0 radical (unpaired) electrons. The first-order chi connectivity index (χ1) is 6.83. The third-order valence-corrected chi connectivity index (χ3v) is 2.41. The summed E-state index contributed by atoms with van der Waals surface area (Å²) in [5.74, 6) is 0. The predicted octanol–water partition coefficient (Wildman–Crippen LogP) is 1.83. The van der Waals surface area contributed by atoms with Gasteiger partial charge in [0.25, 0.3) is 0 Å². The molecule has 2 heteroatoms. The lowest BCUT2D eigenvalue weighted by atomic mass is 10.0. The van der Waals surface area contributed by atoms with Crippen LogP contribution >= 0.6 is 0 Å². The van der Waals surface area contributed by atoms with Crippen LogP contribution in [0, 0.1) is 0 Å². The lowest BCUT2D eigenvalue weighted by Gasteiger charge is -2.11. The van der Waals surface area contributed by atoms with Crippen LogP contribution in [0.25, 0.3) is 10.8 Å². The van der Waals surface area contributed by atoms with Crippen molar-refractivity contribution in [2.24, 2.45) is 5.73 Å². The third kappa shape index (κ3) is 1.50. The maximum Gasteiger partial charge on any atom is 0.0918 e. The Labute approximate surface area is 83.0 Å². The Kier molecular flexibility index (Phi) is 2.48. The Morgan fingerprint density at radius 2 is 1.79 bits per heavy atom. The highest BCUT2D eigenvalue weighted by molar-refractivity contribution is 5.85. The maximum absolute atomic E-state index is 9.70. The zero-order valence-corrected chi connectivity index (χ0v) is 7.85. The fourth-order valence-electron chi connectivity index (χ4n) is 1.67. The molecule has 0 saturated carbocycles. The SMILES string of the molecule is NCC(O)c1cccc2ccccc12. The minimum absolute atomic E-state index is 0.258. The van der Waals surface area contributed by atoms with Crippen LogP contribution in [-0.2, 0) is 0 Å². The molecule has 0 heterocycles. The third-order valence-electron chi connectivity index (χ3n) is 2.41. The van der Waals surface area contributed by atoms with Crippen LogP contribution < -0.4 is 5.73 Å². The molecule has 72 valence electrons. The van der Waals surface area contributed by atoms with Crippen LogP contribution in [0.4, 0.5) is 0 Å². The molecule has 1 atom stereocenters. The van der Waals surface area contributed by atoms with Gasteiger partial charge in [0.05, 0.1) is 6.10 Å². The molecule has 0 aliphatic rings. The Morgan fingerprint density at radius 1 is 1.07 bits per heavy atom. The number of hydrogen-bond donors (Lipinski definition) is 2. The zero-order chi connectivity index (χ0) is 9.97. The van der Waals surface area contributed by atoms with Crippen molar-refractivity contribution < 1.29 is 5.11 Å². The molecule has 2 rings (SSSR count). The topological polar surface area (TPSA) is 46.2 Å². The van der Waals surface area contributed by atoms with Crippen molar-refractivity contribution in [1.29, 1.82) is 0 Å². The molecule has 2 aromatic carbocycles. The average Bonchev–Trinajstić information content (AvgIpc) is 2.27. The highest BCUT2D eigenvalue weighted by Gasteiger charge is 2.07. The smallest absolute Gasteiger partial charge is 0.0918 e. The summed E-state index contributed by atoms with van der Waals surface area (Å²) in [5, 5.41) is 11.9. The van der Waals surface area contributed by atoms with E-state index in [1.165, 1.54) is 0 Å². The van der Waals surface area contributed by atoms with Crippen molar-refractivity contribution in [3.63, 3.8) is 0 Å². The van der Waals surface area contributed by atoms with E-state index >= 15 is 0 Å². The lowest BCUT2D eigenvalue weighted by molar-refractivity contribution is 0.188. The molecule has 0 bridgehead atoms. The highest BCUT2D eigenvalue weighted by Crippen LogP contribution is 2.23. The van der Waals surface area contributed by atoms with E-state index in [0.29, 0.717) is 0 Å². The minimum Gasteiger partial charge on any atom is -0.387 e. The molecular formula is C12H13NO. The van der Waals surface area contributed by atoms with Crippen LogP contribution in [0.1, 0.15) is 11.7 Å². The van der Waals surface area contributed by atoms with E-state index in [-0.39, 0.29) is 6.54 Å². The molecule has 14 heavy (non-hydrogen) atoms. The first-order valence-electron chi connectivity index (χ1n) is 4.68. The molecule has 2 aromatic rings. The van der Waals surface area contributed by atoms with E-state index in [1.807, 2.05) is 42.5 Å². The average molecular weight is 187 g/mol. The first kappa shape index (κ1) is 9.19. The molecule has 0 aliphatic heterocycles. The van der Waals surface area contributed by atoms with Crippen LogP contribution in [-0.4, -0.2) is 11.7 Å². The fraction of sp³-hybridized carbons (Fsp3) is 0.167. The Balaban J connectivity index is 2.65. The number of fused-ring (bicyclic) bond motifs is 1. The van der Waals surface area contributed by atoms with Crippen molar-refractivity contribution in [3.8, 4) is 0 Å². The van der Waals surface area contributed by atoms with E-state index in [0.717, 1.165) is 16.3 Å². The summed E-state index contributed by atoms with van der Waals surface area (Å²) in [6.07, 6.45) is -0.568. The number of nitrogens with two attached hydrogens (primary N) is 1. The van der Waals surface area contributed by atoms with Gasteiger partial charge in [-0.2, -0.15) is 0 Å². The largest absolute Gasteiger partial charge is 0.387 e. The van der Waals surface area contributed by atoms with Crippen molar-refractivity contribution in [1.82, 2.24) is 0 Å². The molecular weight excluding hydrogens is 174 g/mol. The molecule has 0 aliphatic carbocycles. The van der Waals surface area contributed by atoms with E-state index in [4.69, 9.17) is 5.73 Å². The fourth-order valence-corrected chi connectivity index (χ4v) is 1.67. The van der Waals surface area contributed by atoms with Crippen LogP contribution in [0.5, 0.6) is 0 Å². The number of hydrogen-bond acceptors (Lipinski definition) is 2. The van der Waals surface area contributed by atoms with Crippen molar-refractivity contribution >= 4 is 10.8 Å². The molecule has 2 nitrogen and oxygen atoms in total. The second-order valence-electron chi connectivity index (χ2n) is 3.32. The summed E-state index contributed by atoms with van der Waals surface area (Å²) >= 11 is 0. The number of aliphatic hydroxyl groups is 1. The number of aliphatic hydroxyl groups excluding tert-OH is 1. The summed E-state index contributed by atoms with van der Waals surface area (Å²) < 4.78 is 0. The Bertz CT molecular complexity index is 434. The van der Waals surface area contributed by atoms with Gasteiger partial charge in [0, 0.05) is 6.54 Å². The van der Waals surface area contributed by atoms with E-state index in [1.54, 1.807) is 0 Å². The summed E-state index contributed by atoms with van der Waals surface area (Å²) in [4.78, 5) is 0. The van der Waals surface area contributed by atoms with Crippen LogP contribution in [0.3, 0.4) is 0 Å². The summed E-state index contributed by atoms with van der Waals surface area (Å²) in [6, 6.07) is 13.9. The summed E-state index contributed by atoms with van der Waals surface area (Å²) in [5.41, 5.74) is 6.35. The van der Waals surface area contributed by atoms with Gasteiger partial charge in [-0.05, 0) is 16.3 Å². The van der Waals surface area contributed by atoms with Crippen molar-refractivity contribution in [2.45, 2.75) is 6.10 Å². The van der Waals surface area contributed by atoms with Gasteiger partial charge in [-0.25, -0.2) is 0 Å². The summed E-state index contributed by atoms with van der Waals surface area (Å²) in [7, 11) is 0. The normalized spacial score (nSPS) is 13.0. The van der Waals surface area contributed by atoms with Crippen LogP contribution in [0.2, 0.25) is 0 Å². The monoisotopic (exact) mass is 187 g/mol.